The van der Waals surface area contributed by atoms with Gasteiger partial charge in [-0.2, -0.15) is 0 Å². The second kappa shape index (κ2) is 11.3. The maximum absolute atomic E-state index is 13.2. The SMILES string of the molecule is CN(C[C@@H](CCN1CCC2(CC1)CSc1ccccc12)c1ccc(Cl)c(Cl)c1)S(=O)(=O)c1ccccc1. The van der Waals surface area contributed by atoms with Crippen molar-refractivity contribution in [3.8, 4) is 0 Å². The fourth-order valence-electron chi connectivity index (χ4n) is 5.59. The number of thioether (sulfide) groups is 1. The normalized spacial score (nSPS) is 18.3. The van der Waals surface area contributed by atoms with E-state index in [0.29, 0.717) is 26.9 Å². The lowest BCUT2D eigenvalue weighted by Gasteiger charge is -2.40. The minimum absolute atomic E-state index is 0.00287. The van der Waals surface area contributed by atoms with Crippen LogP contribution in [0, 0.1) is 0 Å². The summed E-state index contributed by atoms with van der Waals surface area (Å²) in [6.07, 6.45) is 3.17. The molecule has 2 aliphatic heterocycles. The van der Waals surface area contributed by atoms with E-state index in [9.17, 15) is 8.42 Å². The molecule has 0 unspecified atom stereocenters. The van der Waals surface area contributed by atoms with Crippen molar-refractivity contribution in [1.82, 2.24) is 9.21 Å². The summed E-state index contributed by atoms with van der Waals surface area (Å²) in [4.78, 5) is 4.28. The second-order valence-corrected chi connectivity index (χ2v) is 14.0. The number of nitrogens with zero attached hydrogens (tertiary/aromatic N) is 2. The number of piperidine rings is 1. The number of likely N-dealkylation sites (tertiary alicyclic amines) is 1. The molecule has 4 nitrogen and oxygen atoms in total. The number of fused-ring (bicyclic) bond motifs is 2. The third-order valence-electron chi connectivity index (χ3n) is 7.91. The van der Waals surface area contributed by atoms with Crippen LogP contribution in [0.2, 0.25) is 10.0 Å². The molecule has 1 atom stereocenters. The van der Waals surface area contributed by atoms with Gasteiger partial charge in [-0.05, 0) is 86.3 Å². The van der Waals surface area contributed by atoms with Crippen LogP contribution in [-0.2, 0) is 15.4 Å². The fourth-order valence-corrected chi connectivity index (χ4v) is 8.63. The van der Waals surface area contributed by atoms with Gasteiger partial charge in [0.1, 0.15) is 0 Å². The van der Waals surface area contributed by atoms with E-state index in [4.69, 9.17) is 23.2 Å². The van der Waals surface area contributed by atoms with E-state index in [1.807, 2.05) is 30.0 Å². The Hall–Kier alpha value is -1.54. The molecular formula is C29H32Cl2N2O2S2. The van der Waals surface area contributed by atoms with Gasteiger partial charge in [-0.1, -0.05) is 65.7 Å². The fraction of sp³-hybridized carbons (Fsp3) is 0.379. The Kier molecular flexibility index (Phi) is 8.25. The van der Waals surface area contributed by atoms with Crippen LogP contribution in [0.15, 0.2) is 82.6 Å². The smallest absolute Gasteiger partial charge is 0.242 e. The zero-order valence-electron chi connectivity index (χ0n) is 20.9. The molecule has 0 aromatic heterocycles. The van der Waals surface area contributed by atoms with E-state index < -0.39 is 10.0 Å². The van der Waals surface area contributed by atoms with Crippen molar-refractivity contribution in [2.45, 2.75) is 40.4 Å². The van der Waals surface area contributed by atoms with Crippen LogP contribution in [0.3, 0.4) is 0 Å². The van der Waals surface area contributed by atoms with Crippen LogP contribution in [0.25, 0.3) is 0 Å². The van der Waals surface area contributed by atoms with Gasteiger partial charge in [-0.15, -0.1) is 11.8 Å². The summed E-state index contributed by atoms with van der Waals surface area (Å²) in [7, 11) is -1.93. The van der Waals surface area contributed by atoms with Crippen LogP contribution in [-0.4, -0.2) is 56.6 Å². The van der Waals surface area contributed by atoms with E-state index in [2.05, 4.69) is 29.2 Å². The number of halogens is 2. The molecule has 0 N–H and O–H groups in total. The highest BCUT2D eigenvalue weighted by molar-refractivity contribution is 7.99. The van der Waals surface area contributed by atoms with Crippen LogP contribution in [0.5, 0.6) is 0 Å². The van der Waals surface area contributed by atoms with Crippen molar-refractivity contribution in [2.75, 3.05) is 39.0 Å². The van der Waals surface area contributed by atoms with Gasteiger partial charge in [0.05, 0.1) is 14.9 Å². The lowest BCUT2D eigenvalue weighted by atomic mass is 9.74. The maximum atomic E-state index is 13.2. The Labute approximate surface area is 235 Å². The van der Waals surface area contributed by atoms with Gasteiger partial charge in [-0.3, -0.25) is 0 Å². The highest BCUT2D eigenvalue weighted by Gasteiger charge is 2.41. The monoisotopic (exact) mass is 574 g/mol. The summed E-state index contributed by atoms with van der Waals surface area (Å²) < 4.78 is 27.9. The molecule has 1 fully saturated rings. The number of likely N-dealkylation sites (N-methyl/N-ethyl adjacent to an activating group) is 1. The highest BCUT2D eigenvalue weighted by Crippen LogP contribution is 2.49. The van der Waals surface area contributed by atoms with Gasteiger partial charge in [0, 0.05) is 29.7 Å². The van der Waals surface area contributed by atoms with Crippen molar-refractivity contribution in [1.29, 1.82) is 0 Å². The third kappa shape index (κ3) is 5.75. The van der Waals surface area contributed by atoms with E-state index in [-0.39, 0.29) is 5.92 Å². The van der Waals surface area contributed by atoms with Gasteiger partial charge in [0.25, 0.3) is 0 Å². The number of sulfonamides is 1. The van der Waals surface area contributed by atoms with Gasteiger partial charge < -0.3 is 4.90 Å². The molecule has 196 valence electrons. The van der Waals surface area contributed by atoms with Crippen molar-refractivity contribution in [3.63, 3.8) is 0 Å². The Morgan fingerprint density at radius 3 is 2.41 bits per heavy atom. The summed E-state index contributed by atoms with van der Waals surface area (Å²) in [5.74, 6) is 1.17. The second-order valence-electron chi connectivity index (χ2n) is 10.2. The third-order valence-corrected chi connectivity index (χ3v) is 11.9. The van der Waals surface area contributed by atoms with Crippen LogP contribution in [0.4, 0.5) is 0 Å². The first-order valence-corrected chi connectivity index (χ1v) is 15.9. The summed E-state index contributed by atoms with van der Waals surface area (Å²) in [5, 5.41) is 1.00. The van der Waals surface area contributed by atoms with Gasteiger partial charge in [-0.25, -0.2) is 12.7 Å². The Bertz CT molecular complexity index is 1340. The lowest BCUT2D eigenvalue weighted by Crippen LogP contribution is -2.43. The van der Waals surface area contributed by atoms with E-state index in [0.717, 1.165) is 44.5 Å². The Morgan fingerprint density at radius 1 is 0.973 bits per heavy atom. The molecule has 1 saturated heterocycles. The van der Waals surface area contributed by atoms with Gasteiger partial charge in [0.2, 0.25) is 10.0 Å². The van der Waals surface area contributed by atoms with Gasteiger partial charge >= 0.3 is 0 Å². The van der Waals surface area contributed by atoms with Crippen LogP contribution >= 0.6 is 35.0 Å². The first kappa shape index (κ1) is 27.0. The number of rotatable bonds is 8. The molecular weight excluding hydrogens is 543 g/mol. The highest BCUT2D eigenvalue weighted by atomic mass is 35.5. The van der Waals surface area contributed by atoms with Crippen molar-refractivity contribution >= 4 is 45.0 Å². The van der Waals surface area contributed by atoms with E-state index >= 15 is 0 Å². The summed E-state index contributed by atoms with van der Waals surface area (Å²) in [5.41, 5.74) is 2.84. The molecule has 3 aromatic carbocycles. The maximum Gasteiger partial charge on any atom is 0.242 e. The minimum atomic E-state index is -3.59. The molecule has 3 aromatic rings. The molecule has 37 heavy (non-hydrogen) atoms. The number of hydrogen-bond acceptors (Lipinski definition) is 4. The molecule has 0 radical (unpaired) electrons. The van der Waals surface area contributed by atoms with Crippen LogP contribution in [0.1, 0.15) is 36.3 Å². The van der Waals surface area contributed by atoms with Crippen molar-refractivity contribution in [2.24, 2.45) is 0 Å². The van der Waals surface area contributed by atoms with Crippen molar-refractivity contribution < 1.29 is 8.42 Å². The molecule has 0 saturated carbocycles. The van der Waals surface area contributed by atoms with E-state index in [1.54, 1.807) is 37.4 Å². The molecule has 2 aliphatic rings. The largest absolute Gasteiger partial charge is 0.303 e. The predicted octanol–water partition coefficient (Wildman–Crippen LogP) is 6.93. The zero-order chi connectivity index (χ0) is 26.0. The van der Waals surface area contributed by atoms with Crippen LogP contribution < -0.4 is 0 Å². The Morgan fingerprint density at radius 2 is 1.68 bits per heavy atom. The molecule has 5 rings (SSSR count). The topological polar surface area (TPSA) is 40.6 Å². The lowest BCUT2D eigenvalue weighted by molar-refractivity contribution is 0.166. The number of benzene rings is 3. The standard InChI is InChI=1S/C29H32Cl2N2O2S2/c1-32(37(34,35)24-7-3-2-4-8-24)20-23(22-11-12-26(30)27(31)19-22)13-16-33-17-14-29(15-18-33)21-36-28-10-6-5-9-25(28)29/h2-12,19,23H,13-18,20-21H2,1H3/t23-/m1/s1. The quantitative estimate of drug-likeness (QED) is 0.292. The molecule has 0 amide bonds. The van der Waals surface area contributed by atoms with E-state index in [1.165, 1.54) is 20.5 Å². The summed E-state index contributed by atoms with van der Waals surface area (Å²) in [6.45, 7) is 3.40. The zero-order valence-corrected chi connectivity index (χ0v) is 24.1. The Balaban J connectivity index is 1.28. The molecule has 0 aliphatic carbocycles. The summed E-state index contributed by atoms with van der Waals surface area (Å²) >= 11 is 14.5. The average molecular weight is 576 g/mol. The number of hydrogen-bond donors (Lipinski definition) is 0. The molecule has 2 heterocycles. The van der Waals surface area contributed by atoms with Crippen molar-refractivity contribution in [3.05, 3.63) is 94.0 Å². The first-order valence-electron chi connectivity index (χ1n) is 12.7. The minimum Gasteiger partial charge on any atom is -0.303 e. The first-order chi connectivity index (χ1) is 17.8. The average Bonchev–Trinajstić information content (AvgIpc) is 3.27. The molecule has 1 spiro atoms. The predicted molar refractivity (Wildman–Crippen MR) is 155 cm³/mol. The molecule has 0 bridgehead atoms. The van der Waals surface area contributed by atoms with Gasteiger partial charge in [0.15, 0.2) is 0 Å². The molecule has 8 heteroatoms. The summed E-state index contributed by atoms with van der Waals surface area (Å²) in [6, 6.07) is 23.1.